The van der Waals surface area contributed by atoms with Crippen molar-refractivity contribution in [2.24, 2.45) is 11.8 Å². The fourth-order valence-corrected chi connectivity index (χ4v) is 5.79. The van der Waals surface area contributed by atoms with E-state index in [1.54, 1.807) is 0 Å². The number of rotatable bonds is 4. The Morgan fingerprint density at radius 1 is 1.10 bits per heavy atom. The lowest BCUT2D eigenvalue weighted by molar-refractivity contribution is -0.137. The molecule has 6 nitrogen and oxygen atoms in total. The van der Waals surface area contributed by atoms with Crippen LogP contribution >= 0.6 is 0 Å². The highest BCUT2D eigenvalue weighted by atomic mass is 19.4. The third kappa shape index (κ3) is 3.24. The molecule has 2 aliphatic carbocycles. The molecule has 2 N–H and O–H groups in total. The summed E-state index contributed by atoms with van der Waals surface area (Å²) in [6.07, 6.45) is 3.38. The third-order valence-corrected chi connectivity index (χ3v) is 7.64. The molecule has 4 fully saturated rings. The van der Waals surface area contributed by atoms with Crippen LogP contribution < -0.4 is 5.73 Å². The van der Waals surface area contributed by atoms with Gasteiger partial charge < -0.3 is 15.0 Å². The zero-order valence-electron chi connectivity index (χ0n) is 17.2. The second kappa shape index (κ2) is 6.93. The van der Waals surface area contributed by atoms with E-state index in [-0.39, 0.29) is 0 Å². The number of nitrogens with zero attached hydrogens (tertiary/aromatic N) is 4. The number of likely N-dealkylation sites (tertiary alicyclic amines) is 1. The second-order valence-electron chi connectivity index (χ2n) is 9.49. The Morgan fingerprint density at radius 2 is 1.81 bits per heavy atom. The lowest BCUT2D eigenvalue weighted by Crippen LogP contribution is -2.49. The molecule has 9 heteroatoms. The molecule has 2 aliphatic heterocycles. The quantitative estimate of drug-likeness (QED) is 0.796. The van der Waals surface area contributed by atoms with Crippen LogP contribution in [0, 0.1) is 11.8 Å². The lowest BCUT2D eigenvalue weighted by Gasteiger charge is -2.36. The minimum Gasteiger partial charge on any atom is -0.383 e. The molecule has 0 unspecified atom stereocenters. The van der Waals surface area contributed by atoms with Gasteiger partial charge in [-0.25, -0.2) is 9.97 Å². The van der Waals surface area contributed by atoms with Crippen LogP contribution in [0.1, 0.15) is 49.0 Å². The number of anilines is 1. The summed E-state index contributed by atoms with van der Waals surface area (Å²) in [6.45, 7) is 3.81. The Labute approximate surface area is 178 Å². The first kappa shape index (κ1) is 19.5. The fraction of sp³-hybridized carbons (Fsp3) is 0.636. The number of fused-ring (bicyclic) bond motifs is 1. The Bertz CT molecular complexity index is 984. The van der Waals surface area contributed by atoms with Crippen molar-refractivity contribution in [1.82, 2.24) is 19.4 Å². The molecule has 2 aromatic heterocycles. The number of hydrogen-bond acceptors (Lipinski definition) is 5. The highest BCUT2D eigenvalue weighted by molar-refractivity contribution is 5.62. The zero-order chi connectivity index (χ0) is 21.3. The molecule has 2 aromatic rings. The van der Waals surface area contributed by atoms with Gasteiger partial charge in [0, 0.05) is 43.0 Å². The molecule has 4 aliphatic rings. The van der Waals surface area contributed by atoms with Crippen LogP contribution in [0.2, 0.25) is 0 Å². The molecular formula is C22H26F3N5O. The van der Waals surface area contributed by atoms with Crippen molar-refractivity contribution in [1.29, 1.82) is 0 Å². The van der Waals surface area contributed by atoms with E-state index < -0.39 is 17.6 Å². The summed E-state index contributed by atoms with van der Waals surface area (Å²) in [6, 6.07) is 2.04. The van der Waals surface area contributed by atoms with Gasteiger partial charge in [-0.15, -0.1) is 0 Å². The molecule has 31 heavy (non-hydrogen) atoms. The normalized spacial score (nSPS) is 29.3. The molecule has 2 saturated heterocycles. The van der Waals surface area contributed by atoms with Gasteiger partial charge in [-0.2, -0.15) is 13.2 Å². The van der Waals surface area contributed by atoms with Crippen molar-refractivity contribution >= 4 is 5.82 Å². The number of nitrogen functional groups attached to an aromatic ring is 1. The SMILES string of the molecule is Nc1ncc(-c2cn([C@@H]3[C@@H]4CN(C5COC5)C[C@@H]43)c(C3CCCC3)n2)cc1C(F)(F)F. The van der Waals surface area contributed by atoms with Gasteiger partial charge in [-0.3, -0.25) is 4.90 Å². The first-order chi connectivity index (χ1) is 14.9. The maximum atomic E-state index is 13.3. The van der Waals surface area contributed by atoms with Crippen molar-refractivity contribution in [2.45, 2.75) is 49.9 Å². The van der Waals surface area contributed by atoms with E-state index >= 15 is 0 Å². The summed E-state index contributed by atoms with van der Waals surface area (Å²) < 4.78 is 47.7. The Morgan fingerprint density at radius 3 is 2.42 bits per heavy atom. The van der Waals surface area contributed by atoms with E-state index in [0.29, 0.717) is 41.1 Å². The standard InChI is InChI=1S/C22H26F3N5O/c23-22(24,25)17-5-13(6-27-20(17)26)18-9-30(21(28-18)12-3-1-2-4-12)19-15-7-29(8-16(15)19)14-10-31-11-14/h5-6,9,12,14-16,19H,1-4,7-8,10-11H2,(H2,26,27)/t15-,16+,19-. The molecule has 0 bridgehead atoms. The van der Waals surface area contributed by atoms with Crippen LogP contribution in [0.4, 0.5) is 19.0 Å². The van der Waals surface area contributed by atoms with Crippen molar-refractivity contribution in [3.05, 3.63) is 29.8 Å². The van der Waals surface area contributed by atoms with Gasteiger partial charge in [-0.1, -0.05) is 12.8 Å². The number of alkyl halides is 3. The van der Waals surface area contributed by atoms with Gasteiger partial charge in [0.25, 0.3) is 0 Å². The largest absolute Gasteiger partial charge is 0.419 e. The lowest BCUT2D eigenvalue weighted by atomic mass is 10.1. The van der Waals surface area contributed by atoms with Crippen molar-refractivity contribution in [3.8, 4) is 11.3 Å². The molecule has 0 radical (unpaired) electrons. The van der Waals surface area contributed by atoms with E-state index in [1.807, 2.05) is 6.20 Å². The van der Waals surface area contributed by atoms with Crippen LogP contribution in [0.5, 0.6) is 0 Å². The van der Waals surface area contributed by atoms with Crippen LogP contribution in [0.15, 0.2) is 18.5 Å². The van der Waals surface area contributed by atoms with Crippen molar-refractivity contribution in [3.63, 3.8) is 0 Å². The topological polar surface area (TPSA) is 69.2 Å². The molecule has 2 saturated carbocycles. The van der Waals surface area contributed by atoms with Gasteiger partial charge in [0.1, 0.15) is 11.6 Å². The Hall–Kier alpha value is -2.13. The molecule has 166 valence electrons. The number of aromatic nitrogens is 3. The molecule has 6 rings (SSSR count). The minimum atomic E-state index is -4.54. The third-order valence-electron chi connectivity index (χ3n) is 7.64. The van der Waals surface area contributed by atoms with Crippen molar-refractivity contribution in [2.75, 3.05) is 32.0 Å². The van der Waals surface area contributed by atoms with E-state index in [0.717, 1.165) is 51.0 Å². The number of hydrogen-bond donors (Lipinski definition) is 1. The van der Waals surface area contributed by atoms with Crippen LogP contribution in [0.25, 0.3) is 11.3 Å². The smallest absolute Gasteiger partial charge is 0.383 e. The second-order valence-corrected chi connectivity index (χ2v) is 9.49. The number of imidazole rings is 1. The average molecular weight is 433 g/mol. The summed E-state index contributed by atoms with van der Waals surface area (Å²) in [5.74, 6) is 2.12. The maximum absolute atomic E-state index is 13.3. The summed E-state index contributed by atoms with van der Waals surface area (Å²) >= 11 is 0. The van der Waals surface area contributed by atoms with E-state index in [1.165, 1.54) is 19.0 Å². The van der Waals surface area contributed by atoms with Gasteiger partial charge in [0.2, 0.25) is 0 Å². The van der Waals surface area contributed by atoms with Gasteiger partial charge in [0.05, 0.1) is 30.5 Å². The predicted octanol–water partition coefficient (Wildman–Crippen LogP) is 3.71. The van der Waals surface area contributed by atoms with E-state index in [2.05, 4.69) is 14.5 Å². The van der Waals surface area contributed by atoms with Crippen LogP contribution in [-0.2, 0) is 10.9 Å². The summed E-state index contributed by atoms with van der Waals surface area (Å²) in [7, 11) is 0. The molecular weight excluding hydrogens is 407 g/mol. The van der Waals surface area contributed by atoms with Crippen LogP contribution in [0.3, 0.4) is 0 Å². The van der Waals surface area contributed by atoms with Crippen LogP contribution in [-0.4, -0.2) is 51.8 Å². The number of ether oxygens (including phenoxy) is 1. The summed E-state index contributed by atoms with van der Waals surface area (Å²) in [4.78, 5) is 11.2. The Kier molecular flexibility index (Phi) is 4.37. The number of pyridine rings is 1. The highest BCUT2D eigenvalue weighted by Gasteiger charge is 2.58. The van der Waals surface area contributed by atoms with Gasteiger partial charge in [0.15, 0.2) is 0 Å². The fourth-order valence-electron chi connectivity index (χ4n) is 5.79. The first-order valence-corrected chi connectivity index (χ1v) is 11.1. The Balaban J connectivity index is 1.32. The molecule has 3 atom stereocenters. The molecule has 4 heterocycles. The first-order valence-electron chi connectivity index (χ1n) is 11.1. The number of halogens is 3. The monoisotopic (exact) mass is 433 g/mol. The number of piperidine rings is 1. The summed E-state index contributed by atoms with van der Waals surface area (Å²) in [5, 5.41) is 0. The van der Waals surface area contributed by atoms with Gasteiger partial charge in [-0.05, 0) is 30.7 Å². The molecule has 0 aromatic carbocycles. The minimum absolute atomic E-state index is 0.374. The van der Waals surface area contributed by atoms with E-state index in [4.69, 9.17) is 15.5 Å². The van der Waals surface area contributed by atoms with Crippen molar-refractivity contribution < 1.29 is 17.9 Å². The number of nitrogens with two attached hydrogens (primary N) is 1. The highest BCUT2D eigenvalue weighted by Crippen LogP contribution is 2.57. The van der Waals surface area contributed by atoms with E-state index in [9.17, 15) is 13.2 Å². The molecule has 0 spiro atoms. The average Bonchev–Trinajstić information content (AvgIpc) is 3.17. The predicted molar refractivity (Wildman–Crippen MR) is 108 cm³/mol. The zero-order valence-corrected chi connectivity index (χ0v) is 17.2. The van der Waals surface area contributed by atoms with Gasteiger partial charge >= 0.3 is 6.18 Å². The molecule has 0 amide bonds. The maximum Gasteiger partial charge on any atom is 0.419 e. The summed E-state index contributed by atoms with van der Waals surface area (Å²) in [5.41, 5.74) is 5.53.